The van der Waals surface area contributed by atoms with E-state index in [4.69, 9.17) is 33.2 Å². The number of nitrogens with zero attached hydrogens (tertiary/aromatic N) is 2. The number of anilines is 1. The quantitative estimate of drug-likeness (QED) is 0.479. The summed E-state index contributed by atoms with van der Waals surface area (Å²) < 4.78 is 19.9. The van der Waals surface area contributed by atoms with Crippen LogP contribution in [-0.4, -0.2) is 30.0 Å². The molecular weight excluding hydrogens is 443 g/mol. The van der Waals surface area contributed by atoms with Crippen LogP contribution in [-0.2, 0) is 6.61 Å². The van der Waals surface area contributed by atoms with Gasteiger partial charge in [-0.2, -0.15) is 0 Å². The van der Waals surface area contributed by atoms with Gasteiger partial charge in [0.25, 0.3) is 0 Å². The van der Waals surface area contributed by atoms with Crippen molar-refractivity contribution in [3.63, 3.8) is 0 Å². The van der Waals surface area contributed by atoms with E-state index in [1.807, 2.05) is 20.8 Å². The minimum atomic E-state index is -0.412. The molecule has 3 rings (SSSR count). The van der Waals surface area contributed by atoms with Gasteiger partial charge in [-0.25, -0.2) is 9.37 Å². The van der Waals surface area contributed by atoms with Gasteiger partial charge in [0, 0.05) is 66.1 Å². The van der Waals surface area contributed by atoms with E-state index in [1.54, 1.807) is 31.6 Å². The molecule has 0 fully saturated rings. The van der Waals surface area contributed by atoms with Crippen molar-refractivity contribution in [1.29, 1.82) is 5.41 Å². The second kappa shape index (κ2) is 12.0. The molecule has 2 aromatic rings. The third-order valence-corrected chi connectivity index (χ3v) is 5.06. The smallest absolute Gasteiger partial charge is 0.166 e. The fourth-order valence-electron chi connectivity index (χ4n) is 3.37. The standard InChI is InChI=1S/C22H24ClFN6O.C2H6/c1-3-29-20-13-8-18(22(27)30-10-13)31-11-14-6-15(24)4-5-16(14)19(25)12(9-28-2)7-17(20)21(23)26;1-2/h4-6,8-10,26,29H,3,7,11,25H2,1-2H3,(H2,27,30);1-2H3/b19-12-,20-17-,26-21?,28-9?;. The Morgan fingerprint density at radius 1 is 1.33 bits per heavy atom. The minimum absolute atomic E-state index is 0.0398. The predicted molar refractivity (Wildman–Crippen MR) is 135 cm³/mol. The van der Waals surface area contributed by atoms with Gasteiger partial charge in [-0.3, -0.25) is 10.4 Å². The number of fused-ring (bicyclic) bond motifs is 3. The number of nitrogens with two attached hydrogens (primary N) is 2. The monoisotopic (exact) mass is 472 g/mol. The van der Waals surface area contributed by atoms with Crippen molar-refractivity contribution in [1.82, 2.24) is 10.3 Å². The summed E-state index contributed by atoms with van der Waals surface area (Å²) in [4.78, 5) is 8.34. The lowest BCUT2D eigenvalue weighted by molar-refractivity contribution is 0.306. The van der Waals surface area contributed by atoms with Crippen LogP contribution in [0.25, 0.3) is 11.4 Å². The highest BCUT2D eigenvalue weighted by molar-refractivity contribution is 6.69. The van der Waals surface area contributed by atoms with Gasteiger partial charge in [0.2, 0.25) is 0 Å². The molecule has 0 atom stereocenters. The molecule has 0 spiro atoms. The van der Waals surface area contributed by atoms with E-state index in [1.165, 1.54) is 12.1 Å². The lowest BCUT2D eigenvalue weighted by Gasteiger charge is -2.20. The van der Waals surface area contributed by atoms with Gasteiger partial charge in [0.15, 0.2) is 11.6 Å². The largest absolute Gasteiger partial charge is 0.485 e. The summed E-state index contributed by atoms with van der Waals surface area (Å²) in [7, 11) is 1.63. The lowest BCUT2D eigenvalue weighted by Crippen LogP contribution is -2.18. The average Bonchev–Trinajstić information content (AvgIpc) is 2.80. The van der Waals surface area contributed by atoms with E-state index in [-0.39, 0.29) is 24.0 Å². The molecule has 7 nitrogen and oxygen atoms in total. The maximum absolute atomic E-state index is 14.0. The van der Waals surface area contributed by atoms with Gasteiger partial charge < -0.3 is 21.5 Å². The summed E-state index contributed by atoms with van der Waals surface area (Å²) >= 11 is 6.21. The number of rotatable bonds is 4. The molecule has 1 aromatic heterocycles. The maximum atomic E-state index is 14.0. The molecule has 1 aromatic carbocycles. The average molecular weight is 473 g/mol. The molecule has 33 heavy (non-hydrogen) atoms. The number of aliphatic imine (C=N–C) groups is 1. The number of nitrogens with one attached hydrogen (secondary N) is 2. The fourth-order valence-corrected chi connectivity index (χ4v) is 3.53. The predicted octanol–water partition coefficient (Wildman–Crippen LogP) is 4.72. The Morgan fingerprint density at radius 2 is 2.06 bits per heavy atom. The van der Waals surface area contributed by atoms with Gasteiger partial charge >= 0.3 is 0 Å². The van der Waals surface area contributed by atoms with Crippen molar-refractivity contribution in [3.05, 3.63) is 64.1 Å². The SMILES string of the molecule is CC.CCN/C1=C(\C(=N)Cl)C/C(C=NC)=C(/N)c2ccc(F)cc2COc2cc1cnc2N. The molecule has 9 heteroatoms. The summed E-state index contributed by atoms with van der Waals surface area (Å²) in [5.41, 5.74) is 16.5. The first-order valence-electron chi connectivity index (χ1n) is 10.6. The Bertz CT molecular complexity index is 1110. The minimum Gasteiger partial charge on any atom is -0.485 e. The number of allylic oxidation sites excluding steroid dienone is 2. The highest BCUT2D eigenvalue weighted by Crippen LogP contribution is 2.32. The Hall–Kier alpha value is -3.39. The van der Waals surface area contributed by atoms with E-state index < -0.39 is 5.82 Å². The number of hydrogen-bond acceptors (Lipinski definition) is 7. The van der Waals surface area contributed by atoms with Crippen LogP contribution < -0.4 is 21.5 Å². The molecule has 0 saturated heterocycles. The van der Waals surface area contributed by atoms with Crippen LogP contribution >= 0.6 is 11.6 Å². The van der Waals surface area contributed by atoms with E-state index in [0.29, 0.717) is 51.5 Å². The molecule has 2 bridgehead atoms. The second-order valence-electron chi connectivity index (χ2n) is 6.90. The molecule has 1 aliphatic heterocycles. The topological polar surface area (TPSA) is 122 Å². The first kappa shape index (κ1) is 25.9. The zero-order valence-corrected chi connectivity index (χ0v) is 20.1. The van der Waals surface area contributed by atoms with Gasteiger partial charge in [-0.15, -0.1) is 0 Å². The maximum Gasteiger partial charge on any atom is 0.166 e. The molecule has 0 unspecified atom stereocenters. The summed E-state index contributed by atoms with van der Waals surface area (Å²) in [6.07, 6.45) is 3.43. The van der Waals surface area contributed by atoms with Crippen molar-refractivity contribution in [2.75, 3.05) is 19.3 Å². The number of halogens is 2. The molecule has 0 aliphatic carbocycles. The third kappa shape index (κ3) is 6.10. The Labute approximate surface area is 198 Å². The molecule has 0 saturated carbocycles. The summed E-state index contributed by atoms with van der Waals surface area (Å²) in [6, 6.07) is 6.02. The molecule has 2 heterocycles. The number of ether oxygens (including phenoxy) is 1. The van der Waals surface area contributed by atoms with Crippen molar-refractivity contribution in [2.45, 2.75) is 33.8 Å². The first-order valence-corrected chi connectivity index (χ1v) is 11.0. The zero-order chi connectivity index (χ0) is 24.5. The molecule has 6 N–H and O–H groups in total. The molecule has 176 valence electrons. The van der Waals surface area contributed by atoms with Crippen LogP contribution in [0.1, 0.15) is 43.9 Å². The Morgan fingerprint density at radius 3 is 2.70 bits per heavy atom. The van der Waals surface area contributed by atoms with Gasteiger partial charge in [-0.05, 0) is 36.8 Å². The van der Waals surface area contributed by atoms with E-state index in [2.05, 4.69) is 15.3 Å². The summed E-state index contributed by atoms with van der Waals surface area (Å²) in [5.74, 6) is 0.117. The molecule has 0 radical (unpaired) electrons. The molecule has 1 aliphatic rings. The van der Waals surface area contributed by atoms with E-state index >= 15 is 0 Å². The van der Waals surface area contributed by atoms with Crippen LogP contribution in [0.15, 0.2) is 46.6 Å². The van der Waals surface area contributed by atoms with Crippen molar-refractivity contribution < 1.29 is 9.13 Å². The molecular formula is C24H30ClFN6O. The van der Waals surface area contributed by atoms with Gasteiger partial charge in [-0.1, -0.05) is 25.4 Å². The van der Waals surface area contributed by atoms with Crippen molar-refractivity contribution >= 4 is 40.2 Å². The second-order valence-corrected chi connectivity index (χ2v) is 7.28. The number of aromatic nitrogens is 1. The summed E-state index contributed by atoms with van der Waals surface area (Å²) in [6.45, 7) is 6.56. The van der Waals surface area contributed by atoms with Gasteiger partial charge in [0.1, 0.15) is 17.6 Å². The first-order chi connectivity index (χ1) is 15.8. The summed E-state index contributed by atoms with van der Waals surface area (Å²) in [5, 5.41) is 11.3. The van der Waals surface area contributed by atoms with Crippen molar-refractivity contribution in [2.24, 2.45) is 10.7 Å². The highest BCUT2D eigenvalue weighted by Gasteiger charge is 2.20. The zero-order valence-electron chi connectivity index (χ0n) is 19.3. The number of benzene rings is 1. The Balaban J connectivity index is 0.00000187. The van der Waals surface area contributed by atoms with Gasteiger partial charge in [0.05, 0.1) is 0 Å². The lowest BCUT2D eigenvalue weighted by atomic mass is 9.95. The van der Waals surface area contributed by atoms with E-state index in [0.717, 1.165) is 0 Å². The Kier molecular flexibility index (Phi) is 9.42. The van der Waals surface area contributed by atoms with Crippen molar-refractivity contribution in [3.8, 4) is 5.75 Å². The molecule has 0 amide bonds. The van der Waals surface area contributed by atoms with Crippen LogP contribution in [0.2, 0.25) is 0 Å². The van der Waals surface area contributed by atoms with Crippen LogP contribution in [0, 0.1) is 11.2 Å². The highest BCUT2D eigenvalue weighted by atomic mass is 35.5. The third-order valence-electron chi connectivity index (χ3n) is 4.83. The number of nitrogen functional groups attached to an aromatic ring is 1. The van der Waals surface area contributed by atoms with Crippen LogP contribution in [0.4, 0.5) is 10.2 Å². The van der Waals surface area contributed by atoms with Crippen LogP contribution in [0.3, 0.4) is 0 Å². The number of hydrogen-bond donors (Lipinski definition) is 4. The fraction of sp³-hybridized carbons (Fsp3) is 0.292. The van der Waals surface area contributed by atoms with Crippen LogP contribution in [0.5, 0.6) is 5.75 Å². The normalized spacial score (nSPS) is 18.2. The van der Waals surface area contributed by atoms with E-state index in [9.17, 15) is 4.39 Å². The number of pyridine rings is 1.